The van der Waals surface area contributed by atoms with Crippen LogP contribution in [0.2, 0.25) is 0 Å². The van der Waals surface area contributed by atoms with E-state index in [-0.39, 0.29) is 0 Å². The molecule has 108 valence electrons. The fraction of sp³-hybridized carbons (Fsp3) is 0.231. The summed E-state index contributed by atoms with van der Waals surface area (Å²) in [5.74, 6) is -1.44. The van der Waals surface area contributed by atoms with Crippen LogP contribution in [0, 0.1) is 0 Å². The van der Waals surface area contributed by atoms with Gasteiger partial charge < -0.3 is 10.4 Å². The highest BCUT2D eigenvalue weighted by Crippen LogP contribution is 2.12. The molecule has 2 atom stereocenters. The third-order valence-corrected chi connectivity index (χ3v) is 2.94. The first kappa shape index (κ1) is 16.4. The van der Waals surface area contributed by atoms with Crippen molar-refractivity contribution in [3.05, 3.63) is 40.4 Å². The van der Waals surface area contributed by atoms with Crippen LogP contribution in [0.5, 0.6) is 0 Å². The average Bonchev–Trinajstić information content (AvgIpc) is 2.41. The maximum atomic E-state index is 11.7. The van der Waals surface area contributed by atoms with Gasteiger partial charge in [-0.25, -0.2) is 5.48 Å². The number of hydrogen-bond donors (Lipinski definition) is 4. The van der Waals surface area contributed by atoms with Gasteiger partial charge in [0.25, 0.3) is 5.91 Å². The van der Waals surface area contributed by atoms with Crippen LogP contribution in [0.15, 0.2) is 34.8 Å². The van der Waals surface area contributed by atoms with Crippen molar-refractivity contribution in [2.24, 2.45) is 0 Å². The van der Waals surface area contributed by atoms with E-state index < -0.39 is 24.0 Å². The van der Waals surface area contributed by atoms with Crippen molar-refractivity contribution in [2.45, 2.75) is 19.1 Å². The van der Waals surface area contributed by atoms with Gasteiger partial charge in [0.05, 0.1) is 6.10 Å². The van der Waals surface area contributed by atoms with E-state index in [0.29, 0.717) is 0 Å². The van der Waals surface area contributed by atoms with E-state index in [1.807, 2.05) is 18.2 Å². The fourth-order valence-electron chi connectivity index (χ4n) is 1.46. The zero-order valence-corrected chi connectivity index (χ0v) is 12.3. The predicted molar refractivity (Wildman–Crippen MR) is 76.7 cm³/mol. The molecular weight excluding hydrogens is 328 g/mol. The molecule has 4 N–H and O–H groups in total. The number of carbonyl (C=O) groups is 2. The largest absolute Gasteiger partial charge is 0.391 e. The van der Waals surface area contributed by atoms with Crippen LogP contribution in [-0.4, -0.2) is 34.3 Å². The summed E-state index contributed by atoms with van der Waals surface area (Å²) in [4.78, 5) is 22.9. The third kappa shape index (κ3) is 5.12. The Kier molecular flexibility index (Phi) is 6.37. The van der Waals surface area contributed by atoms with Gasteiger partial charge in [0.2, 0.25) is 5.91 Å². The lowest BCUT2D eigenvalue weighted by Gasteiger charge is -2.18. The average molecular weight is 343 g/mol. The van der Waals surface area contributed by atoms with Gasteiger partial charge in [0.1, 0.15) is 6.04 Å². The van der Waals surface area contributed by atoms with Crippen molar-refractivity contribution >= 4 is 33.8 Å². The van der Waals surface area contributed by atoms with Crippen molar-refractivity contribution in [1.82, 2.24) is 10.8 Å². The van der Waals surface area contributed by atoms with Crippen LogP contribution in [0.4, 0.5) is 0 Å². The summed E-state index contributed by atoms with van der Waals surface area (Å²) in [5, 5.41) is 20.2. The van der Waals surface area contributed by atoms with Crippen LogP contribution in [0.25, 0.3) is 6.08 Å². The molecule has 7 heteroatoms. The van der Waals surface area contributed by atoms with E-state index >= 15 is 0 Å². The van der Waals surface area contributed by atoms with E-state index in [1.54, 1.807) is 12.1 Å². The Bertz CT molecular complexity index is 517. The smallest absolute Gasteiger partial charge is 0.268 e. The summed E-state index contributed by atoms with van der Waals surface area (Å²) >= 11 is 3.31. The molecular formula is C13H15BrN2O4. The van der Waals surface area contributed by atoms with Gasteiger partial charge >= 0.3 is 0 Å². The molecule has 0 saturated carbocycles. The van der Waals surface area contributed by atoms with Gasteiger partial charge in [-0.1, -0.05) is 28.1 Å². The quantitative estimate of drug-likeness (QED) is 0.362. The molecule has 0 aliphatic rings. The van der Waals surface area contributed by atoms with Gasteiger partial charge in [-0.05, 0) is 30.7 Å². The molecule has 1 aromatic rings. The summed E-state index contributed by atoms with van der Waals surface area (Å²) < 4.78 is 0.876. The van der Waals surface area contributed by atoms with E-state index in [0.717, 1.165) is 10.0 Å². The van der Waals surface area contributed by atoms with Crippen molar-refractivity contribution < 1.29 is 19.9 Å². The molecule has 0 fully saturated rings. The molecule has 1 aromatic carbocycles. The number of benzene rings is 1. The molecule has 20 heavy (non-hydrogen) atoms. The number of aliphatic hydroxyl groups excluding tert-OH is 1. The van der Waals surface area contributed by atoms with E-state index in [4.69, 9.17) is 5.21 Å². The molecule has 0 aliphatic carbocycles. The molecule has 1 rings (SSSR count). The number of amides is 2. The van der Waals surface area contributed by atoms with Crippen molar-refractivity contribution in [3.8, 4) is 0 Å². The van der Waals surface area contributed by atoms with Gasteiger partial charge in [-0.3, -0.25) is 14.8 Å². The molecule has 0 heterocycles. The summed E-state index contributed by atoms with van der Waals surface area (Å²) in [6, 6.07) is 6.07. The molecule has 2 amide bonds. The van der Waals surface area contributed by atoms with Crippen LogP contribution in [-0.2, 0) is 9.59 Å². The summed E-state index contributed by atoms with van der Waals surface area (Å²) in [5.41, 5.74) is 2.19. The topological polar surface area (TPSA) is 98.7 Å². The van der Waals surface area contributed by atoms with Crippen LogP contribution >= 0.6 is 15.9 Å². The number of carbonyl (C=O) groups excluding carboxylic acids is 2. The second-order valence-corrected chi connectivity index (χ2v) is 5.01. The van der Waals surface area contributed by atoms with Gasteiger partial charge in [0.15, 0.2) is 0 Å². The minimum atomic E-state index is -1.22. The minimum absolute atomic E-state index is 0.556. The molecule has 0 aromatic heterocycles. The van der Waals surface area contributed by atoms with Crippen LogP contribution in [0.3, 0.4) is 0 Å². The lowest BCUT2D eigenvalue weighted by molar-refractivity contribution is -0.136. The van der Waals surface area contributed by atoms with E-state index in [9.17, 15) is 14.7 Å². The maximum absolute atomic E-state index is 11.7. The van der Waals surface area contributed by atoms with E-state index in [2.05, 4.69) is 21.2 Å². The zero-order valence-electron chi connectivity index (χ0n) is 10.7. The number of rotatable bonds is 5. The predicted octanol–water partition coefficient (Wildman–Crippen LogP) is 0.833. The van der Waals surface area contributed by atoms with Crippen molar-refractivity contribution in [2.75, 3.05) is 0 Å². The molecule has 0 bridgehead atoms. The maximum Gasteiger partial charge on any atom is 0.268 e. The molecule has 0 radical (unpaired) electrons. The van der Waals surface area contributed by atoms with Crippen LogP contribution < -0.4 is 10.8 Å². The Hall–Kier alpha value is -1.70. The molecule has 0 unspecified atom stereocenters. The monoisotopic (exact) mass is 342 g/mol. The first-order valence-electron chi connectivity index (χ1n) is 5.80. The van der Waals surface area contributed by atoms with Gasteiger partial charge in [-0.15, -0.1) is 0 Å². The third-order valence-electron chi connectivity index (χ3n) is 2.45. The summed E-state index contributed by atoms with van der Waals surface area (Å²) in [7, 11) is 0. The highest BCUT2D eigenvalue weighted by atomic mass is 79.9. The second-order valence-electron chi connectivity index (χ2n) is 4.09. The standard InChI is InChI=1S/C13H15BrN2O4/c1-8(17)12(13(19)16-20)15-11(18)6-5-9-3-2-4-10(14)7-9/h2-8,12,17,20H,1H3,(H,15,18)(H,16,19)/t8-,12+/m1/s1. The van der Waals surface area contributed by atoms with Crippen molar-refractivity contribution in [1.29, 1.82) is 0 Å². The summed E-state index contributed by atoms with van der Waals surface area (Å²) in [6.07, 6.45) is 1.67. The lowest BCUT2D eigenvalue weighted by atomic mass is 10.1. The fourth-order valence-corrected chi connectivity index (χ4v) is 1.88. The van der Waals surface area contributed by atoms with E-state index in [1.165, 1.54) is 18.5 Å². The molecule has 6 nitrogen and oxygen atoms in total. The first-order chi connectivity index (χ1) is 9.43. The highest BCUT2D eigenvalue weighted by Gasteiger charge is 2.24. The number of halogens is 1. The molecule has 0 spiro atoms. The Morgan fingerprint density at radius 1 is 1.40 bits per heavy atom. The Balaban J connectivity index is 2.68. The molecule has 0 saturated heterocycles. The number of aliphatic hydroxyl groups is 1. The Labute approximate surface area is 124 Å². The van der Waals surface area contributed by atoms with Crippen molar-refractivity contribution in [3.63, 3.8) is 0 Å². The minimum Gasteiger partial charge on any atom is -0.391 e. The van der Waals surface area contributed by atoms with Gasteiger partial charge in [-0.2, -0.15) is 0 Å². The lowest BCUT2D eigenvalue weighted by Crippen LogP contribution is -2.51. The van der Waals surface area contributed by atoms with Gasteiger partial charge in [0, 0.05) is 10.5 Å². The Morgan fingerprint density at radius 2 is 2.10 bits per heavy atom. The number of nitrogens with one attached hydrogen (secondary N) is 2. The molecule has 0 aliphatic heterocycles. The number of hydrogen-bond acceptors (Lipinski definition) is 4. The Morgan fingerprint density at radius 3 is 2.65 bits per heavy atom. The zero-order chi connectivity index (χ0) is 15.1. The second kappa shape index (κ2) is 7.78. The summed E-state index contributed by atoms with van der Waals surface area (Å²) in [6.45, 7) is 1.33. The number of hydroxylamine groups is 1. The highest BCUT2D eigenvalue weighted by molar-refractivity contribution is 9.10. The SMILES string of the molecule is C[C@@H](O)[C@H](NC(=O)C=Cc1cccc(Br)c1)C(=O)NO. The first-order valence-corrected chi connectivity index (χ1v) is 6.59. The normalized spacial score (nSPS) is 13.8. The van der Waals surface area contributed by atoms with Crippen LogP contribution in [0.1, 0.15) is 12.5 Å².